The topological polar surface area (TPSA) is 59.4 Å². The van der Waals surface area contributed by atoms with E-state index in [9.17, 15) is 4.79 Å². The van der Waals surface area contributed by atoms with E-state index < -0.39 is 0 Å². The van der Waals surface area contributed by atoms with Crippen LogP contribution in [0.2, 0.25) is 0 Å². The molecule has 0 aromatic carbocycles. The fourth-order valence-corrected chi connectivity index (χ4v) is 1.33. The van der Waals surface area contributed by atoms with E-state index in [-0.39, 0.29) is 5.91 Å². The van der Waals surface area contributed by atoms with E-state index in [4.69, 9.17) is 4.74 Å². The number of carbonyl (C=O) groups is 1. The van der Waals surface area contributed by atoms with Crippen LogP contribution >= 0.6 is 0 Å². The first kappa shape index (κ1) is 14.7. The Balaban J connectivity index is 2.42. The Morgan fingerprint density at radius 2 is 2.33 bits per heavy atom. The molecule has 0 saturated carbocycles. The summed E-state index contributed by atoms with van der Waals surface area (Å²) in [5, 5.41) is 7.00. The molecule has 0 aliphatic heterocycles. The molecule has 0 spiro atoms. The Labute approximate surface area is 108 Å². The van der Waals surface area contributed by atoms with Crippen LogP contribution in [0.5, 0.6) is 0 Å². The lowest BCUT2D eigenvalue weighted by Crippen LogP contribution is -2.34. The molecule has 6 nitrogen and oxygen atoms in total. The van der Waals surface area contributed by atoms with Gasteiger partial charge in [-0.05, 0) is 20.9 Å². The van der Waals surface area contributed by atoms with Crippen LogP contribution in [0, 0.1) is 0 Å². The molecule has 1 aromatic heterocycles. The summed E-state index contributed by atoms with van der Waals surface area (Å²) >= 11 is 0. The molecular weight excluding hydrogens is 232 g/mol. The van der Waals surface area contributed by atoms with Crippen LogP contribution in [0.3, 0.4) is 0 Å². The van der Waals surface area contributed by atoms with Gasteiger partial charge in [-0.15, -0.1) is 0 Å². The van der Waals surface area contributed by atoms with Crippen LogP contribution < -0.4 is 5.32 Å². The van der Waals surface area contributed by atoms with Gasteiger partial charge in [-0.3, -0.25) is 14.4 Å². The van der Waals surface area contributed by atoms with E-state index in [0.717, 1.165) is 0 Å². The Morgan fingerprint density at radius 1 is 1.61 bits per heavy atom. The minimum atomic E-state index is -0.0526. The van der Waals surface area contributed by atoms with Crippen molar-refractivity contribution in [2.24, 2.45) is 0 Å². The Morgan fingerprint density at radius 3 is 2.94 bits per heavy atom. The van der Waals surface area contributed by atoms with Gasteiger partial charge in [0.25, 0.3) is 0 Å². The van der Waals surface area contributed by atoms with Gasteiger partial charge in [0, 0.05) is 25.4 Å². The lowest BCUT2D eigenvalue weighted by molar-refractivity contribution is -0.117. The first-order chi connectivity index (χ1) is 8.52. The third kappa shape index (κ3) is 4.85. The molecule has 102 valence electrons. The van der Waals surface area contributed by atoms with Crippen molar-refractivity contribution in [3.8, 4) is 0 Å². The summed E-state index contributed by atoms with van der Waals surface area (Å²) < 4.78 is 6.70. The lowest BCUT2D eigenvalue weighted by Gasteiger charge is -2.19. The minimum absolute atomic E-state index is 0.0526. The number of hydrogen-bond donors (Lipinski definition) is 1. The number of anilines is 1. The van der Waals surface area contributed by atoms with Gasteiger partial charge in [0.1, 0.15) is 0 Å². The van der Waals surface area contributed by atoms with Gasteiger partial charge in [-0.2, -0.15) is 5.10 Å². The summed E-state index contributed by atoms with van der Waals surface area (Å²) in [7, 11) is 3.56. The highest BCUT2D eigenvalue weighted by molar-refractivity contribution is 5.91. The number of likely N-dealkylation sites (N-methyl/N-ethyl adjacent to an activating group) is 1. The first-order valence-corrected chi connectivity index (χ1v) is 6.05. The fourth-order valence-electron chi connectivity index (χ4n) is 1.33. The molecule has 0 fully saturated rings. The van der Waals surface area contributed by atoms with Crippen molar-refractivity contribution in [2.75, 3.05) is 32.6 Å². The number of hydrogen-bond acceptors (Lipinski definition) is 4. The van der Waals surface area contributed by atoms with Crippen molar-refractivity contribution in [2.45, 2.75) is 26.4 Å². The predicted octanol–water partition coefficient (Wildman–Crippen LogP) is 0.808. The number of carbonyl (C=O) groups excluding carboxylic acids is 1. The van der Waals surface area contributed by atoms with Gasteiger partial charge in [0.15, 0.2) is 5.82 Å². The predicted molar refractivity (Wildman–Crippen MR) is 70.5 cm³/mol. The number of ether oxygens (including phenoxy) is 1. The maximum atomic E-state index is 11.7. The summed E-state index contributed by atoms with van der Waals surface area (Å²) in [5.74, 6) is 0.524. The second-order valence-electron chi connectivity index (χ2n) is 4.51. The lowest BCUT2D eigenvalue weighted by atomic mass is 10.3. The molecule has 0 unspecified atom stereocenters. The van der Waals surface area contributed by atoms with Crippen molar-refractivity contribution in [1.82, 2.24) is 14.7 Å². The van der Waals surface area contributed by atoms with Crippen molar-refractivity contribution >= 4 is 11.7 Å². The zero-order valence-electron chi connectivity index (χ0n) is 11.5. The molecule has 0 aliphatic carbocycles. The molecule has 0 aliphatic rings. The Hall–Kier alpha value is -1.40. The quantitative estimate of drug-likeness (QED) is 0.782. The van der Waals surface area contributed by atoms with Crippen molar-refractivity contribution in [3.63, 3.8) is 0 Å². The van der Waals surface area contributed by atoms with E-state index in [2.05, 4.69) is 10.4 Å². The molecule has 6 heteroatoms. The van der Waals surface area contributed by atoms with Crippen LogP contribution in [0.4, 0.5) is 5.82 Å². The molecule has 0 saturated heterocycles. The molecule has 1 rings (SSSR count). The maximum absolute atomic E-state index is 11.7. The Kier molecular flexibility index (Phi) is 5.80. The largest absolute Gasteiger partial charge is 0.383 e. The highest BCUT2D eigenvalue weighted by Gasteiger charge is 2.10. The summed E-state index contributed by atoms with van der Waals surface area (Å²) in [6.45, 7) is 5.74. The average molecular weight is 254 g/mol. The summed E-state index contributed by atoms with van der Waals surface area (Å²) in [6, 6.07) is 2.12. The second kappa shape index (κ2) is 7.13. The van der Waals surface area contributed by atoms with E-state index in [1.807, 2.05) is 32.0 Å². The van der Waals surface area contributed by atoms with E-state index in [1.54, 1.807) is 17.9 Å². The van der Waals surface area contributed by atoms with Crippen molar-refractivity contribution in [1.29, 1.82) is 0 Å². The van der Waals surface area contributed by atoms with Gasteiger partial charge in [-0.25, -0.2) is 0 Å². The summed E-state index contributed by atoms with van der Waals surface area (Å²) in [6.07, 6.45) is 1.82. The van der Waals surface area contributed by atoms with Crippen LogP contribution in [0.15, 0.2) is 12.3 Å². The third-order valence-electron chi connectivity index (χ3n) is 2.71. The van der Waals surface area contributed by atoms with Gasteiger partial charge in [0.05, 0.1) is 19.7 Å². The Bertz CT molecular complexity index is 376. The molecule has 1 aromatic rings. The first-order valence-electron chi connectivity index (χ1n) is 6.05. The molecular formula is C12H22N4O2. The normalized spacial score (nSPS) is 11.2. The zero-order valence-corrected chi connectivity index (χ0v) is 11.5. The van der Waals surface area contributed by atoms with Crippen LogP contribution in [0.1, 0.15) is 13.8 Å². The van der Waals surface area contributed by atoms with E-state index >= 15 is 0 Å². The maximum Gasteiger partial charge on any atom is 0.239 e. The van der Waals surface area contributed by atoms with Gasteiger partial charge in [0.2, 0.25) is 5.91 Å². The van der Waals surface area contributed by atoms with Crippen molar-refractivity contribution in [3.05, 3.63) is 12.3 Å². The number of nitrogens with zero attached hydrogens (tertiary/aromatic N) is 3. The smallest absolute Gasteiger partial charge is 0.239 e. The molecule has 1 N–H and O–H groups in total. The van der Waals surface area contributed by atoms with E-state index in [0.29, 0.717) is 31.6 Å². The SMILES string of the molecule is COCCn1ccc(NC(=O)CN(C)C(C)C)n1. The minimum Gasteiger partial charge on any atom is -0.383 e. The highest BCUT2D eigenvalue weighted by Crippen LogP contribution is 2.03. The number of nitrogens with one attached hydrogen (secondary N) is 1. The molecule has 0 bridgehead atoms. The number of amides is 1. The summed E-state index contributed by atoms with van der Waals surface area (Å²) in [4.78, 5) is 13.7. The van der Waals surface area contributed by atoms with Gasteiger partial charge < -0.3 is 10.1 Å². The standard InChI is InChI=1S/C12H22N4O2/c1-10(2)15(3)9-12(17)13-11-5-6-16(14-11)7-8-18-4/h5-6,10H,7-9H2,1-4H3,(H,13,14,17). The number of methoxy groups -OCH3 is 1. The number of aromatic nitrogens is 2. The molecule has 0 radical (unpaired) electrons. The van der Waals surface area contributed by atoms with Crippen LogP contribution in [-0.4, -0.2) is 53.9 Å². The zero-order chi connectivity index (χ0) is 13.5. The molecule has 18 heavy (non-hydrogen) atoms. The van der Waals surface area contributed by atoms with Gasteiger partial charge in [-0.1, -0.05) is 0 Å². The van der Waals surface area contributed by atoms with E-state index in [1.165, 1.54) is 0 Å². The average Bonchev–Trinajstić information content (AvgIpc) is 2.73. The van der Waals surface area contributed by atoms with Crippen LogP contribution in [0.25, 0.3) is 0 Å². The summed E-state index contributed by atoms with van der Waals surface area (Å²) in [5.41, 5.74) is 0. The monoisotopic (exact) mass is 254 g/mol. The fraction of sp³-hybridized carbons (Fsp3) is 0.667. The third-order valence-corrected chi connectivity index (χ3v) is 2.71. The number of rotatable bonds is 7. The van der Waals surface area contributed by atoms with Crippen LogP contribution in [-0.2, 0) is 16.1 Å². The van der Waals surface area contributed by atoms with Crippen molar-refractivity contribution < 1.29 is 9.53 Å². The van der Waals surface area contributed by atoms with Gasteiger partial charge >= 0.3 is 0 Å². The molecule has 1 heterocycles. The second-order valence-corrected chi connectivity index (χ2v) is 4.51. The molecule has 1 amide bonds. The molecule has 0 atom stereocenters. The highest BCUT2D eigenvalue weighted by atomic mass is 16.5.